The molecular formula is C6H12ClNO2. The van der Waals surface area contributed by atoms with Crippen LogP contribution in [0, 0.1) is 0 Å². The highest BCUT2D eigenvalue weighted by atomic mass is 35.5. The third-order valence-corrected chi connectivity index (χ3v) is 1.31. The summed E-state index contributed by atoms with van der Waals surface area (Å²) in [6, 6.07) is 0. The highest BCUT2D eigenvalue weighted by Crippen LogP contribution is 2.23. The number of carbonyl (C=O) groups excluding carboxylic acids is 1. The van der Waals surface area contributed by atoms with Crippen LogP contribution in [-0.2, 0) is 9.53 Å². The van der Waals surface area contributed by atoms with E-state index in [1.54, 1.807) is 14.1 Å². The van der Waals surface area contributed by atoms with Gasteiger partial charge in [-0.15, -0.1) is 0 Å². The van der Waals surface area contributed by atoms with Gasteiger partial charge < -0.3 is 9.64 Å². The van der Waals surface area contributed by atoms with Gasteiger partial charge in [-0.3, -0.25) is 4.79 Å². The lowest BCUT2D eigenvalue weighted by atomic mass is 10.6. The minimum atomic E-state index is 0.0231. The molecule has 1 saturated heterocycles. The maximum absolute atomic E-state index is 9.43. The van der Waals surface area contributed by atoms with Crippen molar-refractivity contribution in [2.45, 2.75) is 18.6 Å². The number of hydrogen-bond donors (Lipinski definition) is 0. The van der Waals surface area contributed by atoms with Gasteiger partial charge in [-0.2, -0.15) is 0 Å². The van der Waals surface area contributed by atoms with Crippen molar-refractivity contribution >= 4 is 18.0 Å². The number of ether oxygens (including phenoxy) is 1. The van der Waals surface area contributed by atoms with Crippen LogP contribution in [-0.4, -0.2) is 37.1 Å². The maximum Gasteiger partial charge on any atom is 0.209 e. The molecule has 0 spiro atoms. The Morgan fingerprint density at radius 2 is 1.80 bits per heavy atom. The highest BCUT2D eigenvalue weighted by molar-refractivity contribution is 6.21. The molecule has 3 nitrogen and oxygen atoms in total. The van der Waals surface area contributed by atoms with E-state index >= 15 is 0 Å². The Kier molecular flexibility index (Phi) is 4.40. The van der Waals surface area contributed by atoms with Gasteiger partial charge in [-0.25, -0.2) is 0 Å². The lowest BCUT2D eigenvalue weighted by molar-refractivity contribution is -0.115. The molecule has 0 N–H and O–H groups in total. The minimum Gasteiger partial charge on any atom is -0.353 e. The van der Waals surface area contributed by atoms with Gasteiger partial charge in [-0.05, 0) is 6.92 Å². The second-order valence-electron chi connectivity index (χ2n) is 2.26. The van der Waals surface area contributed by atoms with Crippen LogP contribution < -0.4 is 0 Å². The monoisotopic (exact) mass is 165 g/mol. The Bertz CT molecular complexity index is 102. The number of alkyl halides is 1. The predicted octanol–water partition coefficient (Wildman–Crippen LogP) is 0.674. The molecule has 0 saturated carbocycles. The molecule has 1 amide bonds. The van der Waals surface area contributed by atoms with Gasteiger partial charge in [0.15, 0.2) is 5.56 Å². The number of nitrogens with zero attached hydrogens (tertiary/aromatic N) is 1. The average Bonchev–Trinajstić information content (AvgIpc) is 2.47. The molecule has 1 fully saturated rings. The fourth-order valence-corrected chi connectivity index (χ4v) is 0.322. The van der Waals surface area contributed by atoms with Gasteiger partial charge in [0.2, 0.25) is 6.41 Å². The molecule has 0 aromatic heterocycles. The zero-order valence-electron chi connectivity index (χ0n) is 6.37. The average molecular weight is 166 g/mol. The van der Waals surface area contributed by atoms with Gasteiger partial charge in [0.05, 0.1) is 6.10 Å². The van der Waals surface area contributed by atoms with Crippen LogP contribution in [0.2, 0.25) is 0 Å². The zero-order valence-corrected chi connectivity index (χ0v) is 7.13. The third kappa shape index (κ3) is 5.85. The van der Waals surface area contributed by atoms with Crippen LogP contribution in [0.5, 0.6) is 0 Å². The molecule has 0 bridgehead atoms. The first-order valence-corrected chi connectivity index (χ1v) is 3.43. The number of halogens is 1. The van der Waals surface area contributed by atoms with Crippen molar-refractivity contribution in [2.75, 3.05) is 14.1 Å². The molecule has 10 heavy (non-hydrogen) atoms. The first-order valence-electron chi connectivity index (χ1n) is 2.99. The molecule has 1 rings (SSSR count). The zero-order chi connectivity index (χ0) is 8.15. The molecule has 0 aliphatic carbocycles. The first-order chi connectivity index (χ1) is 4.57. The summed E-state index contributed by atoms with van der Waals surface area (Å²) in [5.74, 6) is 0. The van der Waals surface area contributed by atoms with E-state index in [-0.39, 0.29) is 5.56 Å². The van der Waals surface area contributed by atoms with Crippen molar-refractivity contribution in [1.82, 2.24) is 4.90 Å². The largest absolute Gasteiger partial charge is 0.353 e. The highest BCUT2D eigenvalue weighted by Gasteiger charge is 2.30. The molecule has 1 heterocycles. The van der Waals surface area contributed by atoms with E-state index in [4.69, 9.17) is 11.6 Å². The summed E-state index contributed by atoms with van der Waals surface area (Å²) in [4.78, 5) is 10.9. The van der Waals surface area contributed by atoms with Gasteiger partial charge in [0.1, 0.15) is 0 Å². The number of amides is 1. The number of epoxide rings is 1. The molecule has 0 radical (unpaired) electrons. The molecule has 0 aromatic rings. The quantitative estimate of drug-likeness (QED) is 0.325. The predicted molar refractivity (Wildman–Crippen MR) is 39.9 cm³/mol. The van der Waals surface area contributed by atoms with Crippen LogP contribution >= 0.6 is 11.6 Å². The SMILES string of the molecule is CC1OC1Cl.CN(C)C=O. The van der Waals surface area contributed by atoms with Crippen molar-refractivity contribution < 1.29 is 9.53 Å². The summed E-state index contributed by atoms with van der Waals surface area (Å²) in [5, 5.41) is 0. The molecule has 60 valence electrons. The Balaban J connectivity index is 0.000000162. The van der Waals surface area contributed by atoms with Crippen LogP contribution in [0.3, 0.4) is 0 Å². The van der Waals surface area contributed by atoms with Crippen LogP contribution in [0.4, 0.5) is 0 Å². The first kappa shape index (κ1) is 9.72. The van der Waals surface area contributed by atoms with Gasteiger partial charge in [0, 0.05) is 14.1 Å². The summed E-state index contributed by atoms with van der Waals surface area (Å²) in [6.45, 7) is 1.94. The van der Waals surface area contributed by atoms with E-state index in [2.05, 4.69) is 4.74 Å². The fourth-order valence-electron chi connectivity index (χ4n) is 0.160. The standard InChI is InChI=1S/C3H5ClO.C3H7NO/c1-2-3(4)5-2;1-4(2)3-5/h2-3H,1H3;3H,1-2H3. The van der Waals surface area contributed by atoms with Crippen LogP contribution in [0.1, 0.15) is 6.92 Å². The van der Waals surface area contributed by atoms with Crippen molar-refractivity contribution in [3.8, 4) is 0 Å². The van der Waals surface area contributed by atoms with Crippen molar-refractivity contribution in [3.05, 3.63) is 0 Å². The molecule has 4 heteroatoms. The Labute approximate surface area is 65.9 Å². The van der Waals surface area contributed by atoms with Crippen LogP contribution in [0.15, 0.2) is 0 Å². The fraction of sp³-hybridized carbons (Fsp3) is 0.833. The molecule has 2 unspecified atom stereocenters. The Morgan fingerprint density at radius 3 is 1.80 bits per heavy atom. The Morgan fingerprint density at radius 1 is 1.60 bits per heavy atom. The molecule has 1 aliphatic rings. The summed E-state index contributed by atoms with van der Waals surface area (Å²) in [7, 11) is 3.38. The summed E-state index contributed by atoms with van der Waals surface area (Å²) < 4.78 is 4.68. The molecule has 2 atom stereocenters. The molecule has 0 aromatic carbocycles. The lowest BCUT2D eigenvalue weighted by Gasteiger charge is -1.93. The van der Waals surface area contributed by atoms with Gasteiger partial charge >= 0.3 is 0 Å². The van der Waals surface area contributed by atoms with Gasteiger partial charge in [-0.1, -0.05) is 11.6 Å². The third-order valence-electron chi connectivity index (χ3n) is 0.848. The lowest BCUT2D eigenvalue weighted by Crippen LogP contribution is -2.06. The van der Waals surface area contributed by atoms with Crippen molar-refractivity contribution in [3.63, 3.8) is 0 Å². The van der Waals surface area contributed by atoms with E-state index in [1.807, 2.05) is 6.92 Å². The summed E-state index contributed by atoms with van der Waals surface area (Å²) in [6.07, 6.45) is 1.07. The van der Waals surface area contributed by atoms with E-state index in [0.717, 1.165) is 6.41 Å². The summed E-state index contributed by atoms with van der Waals surface area (Å²) >= 11 is 5.31. The van der Waals surface area contributed by atoms with E-state index in [0.29, 0.717) is 6.10 Å². The summed E-state index contributed by atoms with van der Waals surface area (Å²) in [5.41, 5.74) is 0.0231. The van der Waals surface area contributed by atoms with E-state index < -0.39 is 0 Å². The van der Waals surface area contributed by atoms with Crippen LogP contribution in [0.25, 0.3) is 0 Å². The topological polar surface area (TPSA) is 32.8 Å². The number of hydrogen-bond acceptors (Lipinski definition) is 2. The second kappa shape index (κ2) is 4.52. The molecule has 1 aliphatic heterocycles. The van der Waals surface area contributed by atoms with Crippen molar-refractivity contribution in [2.24, 2.45) is 0 Å². The van der Waals surface area contributed by atoms with E-state index in [1.165, 1.54) is 4.90 Å². The number of rotatable bonds is 1. The second-order valence-corrected chi connectivity index (χ2v) is 2.69. The smallest absolute Gasteiger partial charge is 0.209 e. The van der Waals surface area contributed by atoms with E-state index in [9.17, 15) is 4.79 Å². The minimum absolute atomic E-state index is 0.0231. The molecular weight excluding hydrogens is 154 g/mol. The Hall–Kier alpha value is -0.280. The normalized spacial score (nSPS) is 28.0. The van der Waals surface area contributed by atoms with Crippen molar-refractivity contribution in [1.29, 1.82) is 0 Å². The maximum atomic E-state index is 9.43. The number of carbonyl (C=O) groups is 1. The van der Waals surface area contributed by atoms with Gasteiger partial charge in [0.25, 0.3) is 0 Å².